The maximum Gasteiger partial charge on any atom is 0.459 e. The number of aliphatic hydroxyl groups is 1. The van der Waals surface area contributed by atoms with E-state index in [0.717, 1.165) is 12.3 Å². The number of aromatic nitrogens is 2. The van der Waals surface area contributed by atoms with Crippen molar-refractivity contribution in [1.82, 2.24) is 14.6 Å². The molecule has 194 valence electrons. The van der Waals surface area contributed by atoms with Gasteiger partial charge in [0.2, 0.25) is 0 Å². The second-order valence-corrected chi connectivity index (χ2v) is 10.0. The second kappa shape index (κ2) is 11.1. The number of nitrogens with zero attached hydrogens (tertiary/aromatic N) is 1. The smallest absolute Gasteiger partial charge is 0.459 e. The topological polar surface area (TPSA) is 158 Å². The van der Waals surface area contributed by atoms with Gasteiger partial charge < -0.3 is 19.1 Å². The van der Waals surface area contributed by atoms with Crippen molar-refractivity contribution >= 4 is 21.6 Å². The lowest BCUT2D eigenvalue weighted by atomic mass is 9.77. The average molecular weight is 525 g/mol. The number of carbonyl (C=O) groups excluding carboxylic acids is 1. The van der Waals surface area contributed by atoms with E-state index in [4.69, 9.17) is 26.4 Å². The third-order valence-corrected chi connectivity index (χ3v) is 6.67. The molecule has 0 unspecified atom stereocenters. The minimum Gasteiger partial charge on any atom is -0.462 e. The molecule has 3 N–H and O–H groups in total. The van der Waals surface area contributed by atoms with Gasteiger partial charge in [-0.15, -0.1) is 0 Å². The van der Waals surface area contributed by atoms with E-state index >= 15 is 4.39 Å². The molecule has 0 bridgehead atoms. The van der Waals surface area contributed by atoms with Gasteiger partial charge in [-0.05, 0) is 32.9 Å². The quantitative estimate of drug-likeness (QED) is 0.230. The third-order valence-electron chi connectivity index (χ3n) is 5.03. The number of alkyl halides is 1. The van der Waals surface area contributed by atoms with Crippen LogP contribution in [0.25, 0.3) is 0 Å². The van der Waals surface area contributed by atoms with Crippen LogP contribution in [-0.2, 0) is 23.4 Å². The van der Waals surface area contributed by atoms with Gasteiger partial charge in [0.1, 0.15) is 37.4 Å². The van der Waals surface area contributed by atoms with Gasteiger partial charge in [0.25, 0.3) is 5.56 Å². The molecule has 1 aliphatic heterocycles. The molecule has 6 atom stereocenters. The number of hydrogen-bond acceptors (Lipinski definition) is 9. The van der Waals surface area contributed by atoms with Crippen LogP contribution in [-0.4, -0.2) is 65.0 Å². The number of para-hydroxylation sites is 1. The molecule has 3 rings (SSSR count). The lowest BCUT2D eigenvalue weighted by Crippen LogP contribution is -2.46. The van der Waals surface area contributed by atoms with Crippen molar-refractivity contribution in [3.63, 3.8) is 0 Å². The molecule has 1 fully saturated rings. The number of halogens is 1. The number of nitrogens with one attached hydrogen (secondary N) is 2. The van der Waals surface area contributed by atoms with Gasteiger partial charge in [-0.25, -0.2) is 13.8 Å². The largest absolute Gasteiger partial charge is 0.462 e. The molecular weight excluding hydrogens is 499 g/mol. The molecule has 1 aromatic heterocycles. The van der Waals surface area contributed by atoms with Gasteiger partial charge in [0.15, 0.2) is 6.23 Å². The molecule has 0 amide bonds. The summed E-state index contributed by atoms with van der Waals surface area (Å²) in [6.45, 7) is 3.93. The summed E-state index contributed by atoms with van der Waals surface area (Å²) in [5.41, 5.74) is -4.74. The van der Waals surface area contributed by atoms with Gasteiger partial charge >= 0.3 is 19.4 Å². The van der Waals surface area contributed by atoms with Crippen LogP contribution in [0.15, 0.2) is 52.2 Å². The minimum absolute atomic E-state index is 0.127. The van der Waals surface area contributed by atoms with Crippen LogP contribution in [0.1, 0.15) is 27.0 Å². The Morgan fingerprint density at radius 1 is 1.31 bits per heavy atom. The molecule has 12 nitrogen and oxygen atoms in total. The monoisotopic (exact) mass is 525 g/mol. The van der Waals surface area contributed by atoms with E-state index in [-0.39, 0.29) is 5.75 Å². The van der Waals surface area contributed by atoms with Crippen LogP contribution in [0, 0.1) is 0 Å². The Kier molecular flexibility index (Phi) is 8.57. The number of aromatic amines is 1. The number of carbonyl (C=O) groups is 1. The number of aliphatic hydroxyl groups excluding tert-OH is 1. The standard InChI is InChI=1S/C21H26BFN3O9P/c1-12(2)33-18(29)13(3)25-36(31,35-14-7-5-4-6-8-14)32-11-15-17(28)21(22,23)19(34-15)26-10-9-16(27)24-20(26)30/h4-10,12-13,15,17,19,28H,11H2,1-3H3,(H,25,31)(H,24,27,30)/t13-,15+,17+,19+,21-,36-/m0/s1. The predicted molar refractivity (Wildman–Crippen MR) is 125 cm³/mol. The van der Waals surface area contributed by atoms with Crippen molar-refractivity contribution < 1.29 is 37.4 Å². The van der Waals surface area contributed by atoms with E-state index in [1.165, 1.54) is 19.1 Å². The minimum atomic E-state index is -4.34. The molecule has 0 saturated carbocycles. The SMILES string of the molecule is [B][C@]1(F)[C@H](O)[C@@H](CO[P@@](=O)(N[C@@H](C)C(=O)OC(C)C)Oc2ccccc2)O[C@H]1n1ccc(=O)[nH]c1=O. The first-order valence-corrected chi connectivity index (χ1v) is 12.5. The van der Waals surface area contributed by atoms with E-state index in [0.29, 0.717) is 4.57 Å². The van der Waals surface area contributed by atoms with E-state index < -0.39 is 67.7 Å². The van der Waals surface area contributed by atoms with Crippen molar-refractivity contribution in [3.8, 4) is 5.75 Å². The predicted octanol–water partition coefficient (Wildman–Crippen LogP) is 0.763. The number of benzene rings is 1. The van der Waals surface area contributed by atoms with Crippen molar-refractivity contribution in [2.75, 3.05) is 6.61 Å². The maximum absolute atomic E-state index is 15.2. The van der Waals surface area contributed by atoms with Gasteiger partial charge in [0.05, 0.1) is 12.7 Å². The second-order valence-electron chi connectivity index (χ2n) is 8.35. The molecule has 0 spiro atoms. The molecule has 2 radical (unpaired) electrons. The highest BCUT2D eigenvalue weighted by Gasteiger charge is 2.55. The van der Waals surface area contributed by atoms with Crippen molar-refractivity contribution in [2.45, 2.75) is 56.9 Å². The van der Waals surface area contributed by atoms with Gasteiger partial charge in [-0.2, -0.15) is 5.09 Å². The molecular formula is C21H26BFN3O9P. The Labute approximate surface area is 206 Å². The van der Waals surface area contributed by atoms with Crippen LogP contribution in [0.2, 0.25) is 0 Å². The molecule has 2 aromatic rings. The average Bonchev–Trinajstić information content (AvgIpc) is 3.01. The third kappa shape index (κ3) is 6.51. The Balaban J connectivity index is 1.80. The van der Waals surface area contributed by atoms with Crippen molar-refractivity contribution in [3.05, 3.63) is 63.4 Å². The number of hydrogen-bond donors (Lipinski definition) is 3. The molecule has 15 heteroatoms. The number of rotatable bonds is 10. The summed E-state index contributed by atoms with van der Waals surface area (Å²) < 4.78 is 50.8. The zero-order chi connectivity index (χ0) is 26.7. The van der Waals surface area contributed by atoms with Gasteiger partial charge in [-0.1, -0.05) is 18.2 Å². The number of ether oxygens (including phenoxy) is 2. The van der Waals surface area contributed by atoms with Crippen LogP contribution < -0.4 is 20.9 Å². The lowest BCUT2D eigenvalue weighted by Gasteiger charge is -2.26. The first-order valence-electron chi connectivity index (χ1n) is 10.9. The molecule has 1 aliphatic rings. The van der Waals surface area contributed by atoms with Crippen LogP contribution in [0.4, 0.5) is 4.39 Å². The first kappa shape index (κ1) is 27.8. The summed E-state index contributed by atoms with van der Waals surface area (Å²) >= 11 is 0. The summed E-state index contributed by atoms with van der Waals surface area (Å²) in [4.78, 5) is 37.6. The van der Waals surface area contributed by atoms with Crippen molar-refractivity contribution in [1.29, 1.82) is 0 Å². The zero-order valence-corrected chi connectivity index (χ0v) is 20.6. The Bertz CT molecular complexity index is 1220. The summed E-state index contributed by atoms with van der Waals surface area (Å²) in [5.74, 6) is -0.605. The van der Waals surface area contributed by atoms with Crippen molar-refractivity contribution in [2.24, 2.45) is 0 Å². The maximum atomic E-state index is 15.2. The fraction of sp³-hybridized carbons (Fsp3) is 0.476. The highest BCUT2D eigenvalue weighted by atomic mass is 31.2. The molecule has 0 aliphatic carbocycles. The van der Waals surface area contributed by atoms with E-state index in [1.54, 1.807) is 32.0 Å². The summed E-state index contributed by atoms with van der Waals surface area (Å²) in [5, 5.41) is 12.9. The molecule has 1 saturated heterocycles. The van der Waals surface area contributed by atoms with Crippen LogP contribution in [0.3, 0.4) is 0 Å². The van der Waals surface area contributed by atoms with E-state index in [2.05, 4.69) is 5.09 Å². The summed E-state index contributed by atoms with van der Waals surface area (Å²) in [6, 6.07) is 7.69. The molecule has 36 heavy (non-hydrogen) atoms. The fourth-order valence-electron chi connectivity index (χ4n) is 3.30. The zero-order valence-electron chi connectivity index (χ0n) is 19.7. The van der Waals surface area contributed by atoms with E-state index in [1.807, 2.05) is 4.98 Å². The lowest BCUT2D eigenvalue weighted by molar-refractivity contribution is -0.149. The Morgan fingerprint density at radius 2 is 1.97 bits per heavy atom. The first-order chi connectivity index (χ1) is 16.8. The van der Waals surface area contributed by atoms with Gasteiger partial charge in [-0.3, -0.25) is 23.7 Å². The highest BCUT2D eigenvalue weighted by molar-refractivity contribution is 7.52. The van der Waals surface area contributed by atoms with Crippen LogP contribution >= 0.6 is 7.75 Å². The normalized spacial score (nSPS) is 26.3. The fourth-order valence-corrected chi connectivity index (χ4v) is 4.80. The summed E-state index contributed by atoms with van der Waals surface area (Å²) in [6.07, 6.45) is -4.87. The van der Waals surface area contributed by atoms with Gasteiger partial charge in [0, 0.05) is 12.3 Å². The number of esters is 1. The molecule has 1 aromatic carbocycles. The summed E-state index contributed by atoms with van der Waals surface area (Å²) in [7, 11) is 1.25. The van der Waals surface area contributed by atoms with E-state index in [9.17, 15) is 24.1 Å². The molecule has 2 heterocycles. The van der Waals surface area contributed by atoms with Crippen LogP contribution in [0.5, 0.6) is 5.75 Å². The Hall–Kier alpha value is -2.77. The Morgan fingerprint density at radius 3 is 2.58 bits per heavy atom. The number of H-pyrrole nitrogens is 1. The highest BCUT2D eigenvalue weighted by Crippen LogP contribution is 2.47.